The van der Waals surface area contributed by atoms with Crippen molar-refractivity contribution in [2.24, 2.45) is 0 Å². The standard InChI is InChI=1S/C17H17N3O5/c1-3-25-16(23)13-9(2)18-17(24)19-12(13)8-20-14(21)10-6-4-5-7-11(10)15(20)22/h4-7,9H,3,8H2,1-2H3,(H2,18,19,24)/t9-/m0/s1. The molecule has 2 N–H and O–H groups in total. The zero-order chi connectivity index (χ0) is 18.1. The molecule has 0 unspecified atom stereocenters. The maximum absolute atomic E-state index is 12.5. The molecule has 0 saturated heterocycles. The molecule has 0 fully saturated rings. The lowest BCUT2D eigenvalue weighted by Crippen LogP contribution is -2.51. The molecule has 1 aromatic rings. The lowest BCUT2D eigenvalue weighted by atomic mass is 10.0. The number of benzene rings is 1. The Morgan fingerprint density at radius 3 is 2.32 bits per heavy atom. The largest absolute Gasteiger partial charge is 0.463 e. The molecule has 8 nitrogen and oxygen atoms in total. The number of carbonyl (C=O) groups is 4. The first kappa shape index (κ1) is 16.7. The van der Waals surface area contributed by atoms with Gasteiger partial charge in [-0.2, -0.15) is 0 Å². The van der Waals surface area contributed by atoms with E-state index in [1.807, 2.05) is 0 Å². The minimum atomic E-state index is -0.603. The number of hydrogen-bond acceptors (Lipinski definition) is 5. The number of fused-ring (bicyclic) bond motifs is 1. The number of esters is 1. The van der Waals surface area contributed by atoms with Crippen LogP contribution in [0.25, 0.3) is 0 Å². The van der Waals surface area contributed by atoms with Gasteiger partial charge in [-0.15, -0.1) is 0 Å². The van der Waals surface area contributed by atoms with Crippen molar-refractivity contribution in [1.82, 2.24) is 15.5 Å². The molecule has 2 aliphatic rings. The predicted octanol–water partition coefficient (Wildman–Crippen LogP) is 0.801. The molecule has 0 aromatic heterocycles. The van der Waals surface area contributed by atoms with E-state index in [1.165, 1.54) is 0 Å². The molecule has 8 heteroatoms. The van der Waals surface area contributed by atoms with Crippen LogP contribution in [0.15, 0.2) is 35.5 Å². The number of ether oxygens (including phenoxy) is 1. The maximum atomic E-state index is 12.5. The number of imide groups is 1. The number of rotatable bonds is 4. The number of nitrogens with one attached hydrogen (secondary N) is 2. The van der Waals surface area contributed by atoms with Crippen LogP contribution in [0.4, 0.5) is 4.79 Å². The van der Waals surface area contributed by atoms with E-state index in [0.29, 0.717) is 11.1 Å². The highest BCUT2D eigenvalue weighted by Gasteiger charge is 2.38. The second kappa shape index (κ2) is 6.39. The molecule has 1 atom stereocenters. The maximum Gasteiger partial charge on any atom is 0.337 e. The van der Waals surface area contributed by atoms with Crippen LogP contribution in [0.1, 0.15) is 34.6 Å². The minimum absolute atomic E-state index is 0.170. The topological polar surface area (TPSA) is 105 Å². The number of nitrogens with zero attached hydrogens (tertiary/aromatic N) is 1. The van der Waals surface area contributed by atoms with E-state index in [1.54, 1.807) is 38.1 Å². The van der Waals surface area contributed by atoms with Gasteiger partial charge in [0.1, 0.15) is 0 Å². The van der Waals surface area contributed by atoms with Crippen LogP contribution in [0.5, 0.6) is 0 Å². The molecule has 25 heavy (non-hydrogen) atoms. The fraction of sp³-hybridized carbons (Fsp3) is 0.294. The smallest absolute Gasteiger partial charge is 0.337 e. The molecule has 0 radical (unpaired) electrons. The monoisotopic (exact) mass is 343 g/mol. The lowest BCUT2D eigenvalue weighted by molar-refractivity contribution is -0.139. The van der Waals surface area contributed by atoms with Gasteiger partial charge in [-0.3, -0.25) is 14.5 Å². The summed E-state index contributed by atoms with van der Waals surface area (Å²) in [6.45, 7) is 3.26. The molecule has 1 aromatic carbocycles. The van der Waals surface area contributed by atoms with Crippen LogP contribution in [0, 0.1) is 0 Å². The van der Waals surface area contributed by atoms with Gasteiger partial charge < -0.3 is 15.4 Å². The summed E-state index contributed by atoms with van der Waals surface area (Å²) in [4.78, 5) is 50.0. The number of carbonyl (C=O) groups excluding carboxylic acids is 4. The number of amides is 4. The Hall–Kier alpha value is -3.16. The quantitative estimate of drug-likeness (QED) is 0.621. The van der Waals surface area contributed by atoms with Gasteiger partial charge in [0.25, 0.3) is 11.8 Å². The Morgan fingerprint density at radius 2 is 1.76 bits per heavy atom. The molecule has 0 saturated carbocycles. The van der Waals surface area contributed by atoms with Crippen molar-refractivity contribution in [3.05, 3.63) is 46.7 Å². The van der Waals surface area contributed by atoms with Crippen molar-refractivity contribution < 1.29 is 23.9 Å². The summed E-state index contributed by atoms with van der Waals surface area (Å²) < 4.78 is 5.02. The van der Waals surface area contributed by atoms with Crippen molar-refractivity contribution in [2.45, 2.75) is 19.9 Å². The molecule has 0 aliphatic carbocycles. The van der Waals surface area contributed by atoms with Gasteiger partial charge >= 0.3 is 12.0 Å². The average molecular weight is 343 g/mol. The van der Waals surface area contributed by atoms with Crippen molar-refractivity contribution >= 4 is 23.8 Å². The van der Waals surface area contributed by atoms with Crippen molar-refractivity contribution in [1.29, 1.82) is 0 Å². The highest BCUT2D eigenvalue weighted by atomic mass is 16.5. The fourth-order valence-corrected chi connectivity index (χ4v) is 2.94. The Balaban J connectivity index is 1.95. The molecule has 2 aliphatic heterocycles. The number of hydrogen-bond donors (Lipinski definition) is 2. The summed E-state index contributed by atoms with van der Waals surface area (Å²) in [6, 6.07) is 5.38. The third-order valence-corrected chi connectivity index (χ3v) is 4.06. The summed E-state index contributed by atoms with van der Waals surface area (Å²) in [7, 11) is 0. The highest BCUT2D eigenvalue weighted by molar-refractivity contribution is 6.21. The van der Waals surface area contributed by atoms with E-state index < -0.39 is 29.9 Å². The Bertz CT molecular complexity index is 779. The first-order chi connectivity index (χ1) is 11.9. The minimum Gasteiger partial charge on any atom is -0.463 e. The summed E-state index contributed by atoms with van der Waals surface area (Å²) in [5, 5.41) is 5.08. The summed E-state index contributed by atoms with van der Waals surface area (Å²) in [5.74, 6) is -1.53. The van der Waals surface area contributed by atoms with Crippen molar-refractivity contribution in [2.75, 3.05) is 13.2 Å². The molecule has 4 amide bonds. The van der Waals surface area contributed by atoms with Gasteiger partial charge in [0.15, 0.2) is 0 Å². The van der Waals surface area contributed by atoms with Crippen LogP contribution in [-0.4, -0.2) is 47.9 Å². The predicted molar refractivity (Wildman–Crippen MR) is 86.6 cm³/mol. The van der Waals surface area contributed by atoms with E-state index in [0.717, 1.165) is 4.90 Å². The van der Waals surface area contributed by atoms with Gasteiger partial charge in [-0.05, 0) is 26.0 Å². The van der Waals surface area contributed by atoms with Crippen LogP contribution in [-0.2, 0) is 9.53 Å². The van der Waals surface area contributed by atoms with Crippen LogP contribution in [0.3, 0.4) is 0 Å². The Kier molecular flexibility index (Phi) is 4.26. The zero-order valence-electron chi connectivity index (χ0n) is 13.8. The molecular weight excluding hydrogens is 326 g/mol. The van der Waals surface area contributed by atoms with E-state index in [2.05, 4.69) is 10.6 Å². The summed E-state index contributed by atoms with van der Waals surface area (Å²) in [6.07, 6.45) is 0. The van der Waals surface area contributed by atoms with Crippen LogP contribution < -0.4 is 10.6 Å². The molecule has 2 heterocycles. The number of urea groups is 1. The molecule has 0 spiro atoms. The SMILES string of the molecule is CCOC(=O)C1=C(CN2C(=O)c3ccccc3C2=O)NC(=O)N[C@H]1C. The first-order valence-corrected chi connectivity index (χ1v) is 7.87. The average Bonchev–Trinajstić information content (AvgIpc) is 2.80. The normalized spacial score (nSPS) is 19.5. The fourth-order valence-electron chi connectivity index (χ4n) is 2.94. The van der Waals surface area contributed by atoms with Gasteiger partial charge in [0.2, 0.25) is 0 Å². The summed E-state index contributed by atoms with van der Waals surface area (Å²) in [5.41, 5.74) is 0.986. The first-order valence-electron chi connectivity index (χ1n) is 7.87. The summed E-state index contributed by atoms with van der Waals surface area (Å²) >= 11 is 0. The third kappa shape index (κ3) is 2.86. The molecule has 0 bridgehead atoms. The van der Waals surface area contributed by atoms with E-state index in [9.17, 15) is 19.2 Å². The van der Waals surface area contributed by atoms with Gasteiger partial charge in [-0.25, -0.2) is 9.59 Å². The van der Waals surface area contributed by atoms with E-state index >= 15 is 0 Å². The molecule has 3 rings (SSSR count). The second-order valence-corrected chi connectivity index (χ2v) is 5.67. The van der Waals surface area contributed by atoms with Crippen LogP contribution in [0.2, 0.25) is 0 Å². The van der Waals surface area contributed by atoms with E-state index in [4.69, 9.17) is 4.74 Å². The Labute approximate surface area is 143 Å². The van der Waals surface area contributed by atoms with E-state index in [-0.39, 0.29) is 24.4 Å². The molecule has 130 valence electrons. The van der Waals surface area contributed by atoms with Crippen LogP contribution >= 0.6 is 0 Å². The molecular formula is C17H17N3O5. The zero-order valence-corrected chi connectivity index (χ0v) is 13.8. The Morgan fingerprint density at radius 1 is 1.16 bits per heavy atom. The second-order valence-electron chi connectivity index (χ2n) is 5.67. The van der Waals surface area contributed by atoms with Gasteiger partial charge in [0.05, 0.1) is 41.6 Å². The van der Waals surface area contributed by atoms with Gasteiger partial charge in [-0.1, -0.05) is 12.1 Å². The third-order valence-electron chi connectivity index (χ3n) is 4.06. The van der Waals surface area contributed by atoms with Crippen molar-refractivity contribution in [3.63, 3.8) is 0 Å². The lowest BCUT2D eigenvalue weighted by Gasteiger charge is -2.28. The van der Waals surface area contributed by atoms with Gasteiger partial charge in [0, 0.05) is 0 Å². The highest BCUT2D eigenvalue weighted by Crippen LogP contribution is 2.24. The van der Waals surface area contributed by atoms with Crippen molar-refractivity contribution in [3.8, 4) is 0 Å².